The summed E-state index contributed by atoms with van der Waals surface area (Å²) < 4.78 is 1.87. The highest BCUT2D eigenvalue weighted by molar-refractivity contribution is 5.86. The molecule has 0 spiro atoms. The monoisotopic (exact) mass is 277 g/mol. The number of Topliss-reactive ketones (excluding diaryl/α,β-unsaturated/α-hetero) is 1. The van der Waals surface area contributed by atoms with E-state index in [1.165, 1.54) is 0 Å². The van der Waals surface area contributed by atoms with Gasteiger partial charge < -0.3 is 5.32 Å². The van der Waals surface area contributed by atoms with Crippen LogP contribution in [0.1, 0.15) is 50.9 Å². The number of nitrogens with one attached hydrogen (secondary N) is 1. The molecule has 0 saturated carbocycles. The Labute approximate surface area is 121 Å². The van der Waals surface area contributed by atoms with Crippen LogP contribution in [0.4, 0.5) is 0 Å². The van der Waals surface area contributed by atoms with Crippen LogP contribution >= 0.6 is 0 Å². The first-order chi connectivity index (χ1) is 9.61. The van der Waals surface area contributed by atoms with Crippen molar-refractivity contribution >= 4 is 5.78 Å². The van der Waals surface area contributed by atoms with Crippen molar-refractivity contribution in [3.8, 4) is 0 Å². The Kier molecular flexibility index (Phi) is 4.97. The molecule has 0 aliphatic carbocycles. The number of piperidine rings is 1. The van der Waals surface area contributed by atoms with Crippen molar-refractivity contribution in [2.24, 2.45) is 12.5 Å². The molecule has 20 heavy (non-hydrogen) atoms. The van der Waals surface area contributed by atoms with Gasteiger partial charge in [-0.2, -0.15) is 5.10 Å². The van der Waals surface area contributed by atoms with Gasteiger partial charge in [0.2, 0.25) is 0 Å². The second-order valence-electron chi connectivity index (χ2n) is 5.98. The average Bonchev–Trinajstić information content (AvgIpc) is 2.81. The fourth-order valence-corrected chi connectivity index (χ4v) is 3.31. The van der Waals surface area contributed by atoms with E-state index >= 15 is 0 Å². The van der Waals surface area contributed by atoms with Gasteiger partial charge in [-0.1, -0.05) is 20.3 Å². The number of aromatic nitrogens is 2. The molecular weight excluding hydrogens is 250 g/mol. The summed E-state index contributed by atoms with van der Waals surface area (Å²) in [7, 11) is 1.94. The molecule has 0 amide bonds. The van der Waals surface area contributed by atoms with Crippen LogP contribution in [0.25, 0.3) is 0 Å². The molecule has 4 nitrogen and oxygen atoms in total. The summed E-state index contributed by atoms with van der Waals surface area (Å²) in [6.45, 7) is 6.21. The lowest BCUT2D eigenvalue weighted by molar-refractivity contribution is -0.130. The highest BCUT2D eigenvalue weighted by atomic mass is 16.1. The number of ketones is 1. The minimum absolute atomic E-state index is 0.101. The fraction of sp³-hybridized carbons (Fsp3) is 0.750. The fourth-order valence-electron chi connectivity index (χ4n) is 3.31. The van der Waals surface area contributed by atoms with E-state index < -0.39 is 0 Å². The largest absolute Gasteiger partial charge is 0.317 e. The minimum Gasteiger partial charge on any atom is -0.317 e. The first-order valence-corrected chi connectivity index (χ1v) is 7.87. The number of rotatable bonds is 6. The Hall–Kier alpha value is -1.16. The normalized spacial score (nSPS) is 18.1. The van der Waals surface area contributed by atoms with Crippen molar-refractivity contribution in [2.75, 3.05) is 13.1 Å². The molecule has 112 valence electrons. The lowest BCUT2D eigenvalue weighted by Crippen LogP contribution is -2.43. The van der Waals surface area contributed by atoms with Crippen LogP contribution in [0.5, 0.6) is 0 Å². The second-order valence-corrected chi connectivity index (χ2v) is 5.98. The van der Waals surface area contributed by atoms with Crippen molar-refractivity contribution in [1.82, 2.24) is 15.1 Å². The molecule has 0 radical (unpaired) electrons. The molecule has 1 N–H and O–H groups in total. The zero-order chi connectivity index (χ0) is 14.6. The summed E-state index contributed by atoms with van der Waals surface area (Å²) in [5.41, 5.74) is 2.03. The molecule has 2 heterocycles. The zero-order valence-electron chi connectivity index (χ0n) is 13.0. The van der Waals surface area contributed by atoms with Gasteiger partial charge in [0, 0.05) is 24.6 Å². The second kappa shape index (κ2) is 6.53. The number of aryl methyl sites for hydroxylation is 2. The van der Waals surface area contributed by atoms with Gasteiger partial charge in [0.1, 0.15) is 5.78 Å². The molecule has 0 bridgehead atoms. The average molecular weight is 277 g/mol. The van der Waals surface area contributed by atoms with Crippen LogP contribution in [-0.4, -0.2) is 28.7 Å². The molecule has 0 atom stereocenters. The molecule has 1 saturated heterocycles. The van der Waals surface area contributed by atoms with E-state index in [0.29, 0.717) is 12.2 Å². The molecular formula is C16H27N3O. The van der Waals surface area contributed by atoms with Crippen molar-refractivity contribution in [2.45, 2.75) is 52.4 Å². The third-order valence-corrected chi connectivity index (χ3v) is 4.61. The standard InChI is InChI=1S/C16H27N3O/c1-4-6-16(7-9-17-10-8-16)15(20)12-14-11-13(5-2)18-19(14)3/h11,17H,4-10,12H2,1-3H3. The van der Waals surface area contributed by atoms with Gasteiger partial charge in [0.05, 0.1) is 5.69 Å². The lowest BCUT2D eigenvalue weighted by atomic mass is 9.71. The van der Waals surface area contributed by atoms with Crippen LogP contribution in [0.2, 0.25) is 0 Å². The highest BCUT2D eigenvalue weighted by Crippen LogP contribution is 2.36. The molecule has 0 aromatic carbocycles. The summed E-state index contributed by atoms with van der Waals surface area (Å²) in [6.07, 6.45) is 5.52. The first kappa shape index (κ1) is 15.2. The first-order valence-electron chi connectivity index (χ1n) is 7.87. The quantitative estimate of drug-likeness (QED) is 0.867. The summed E-state index contributed by atoms with van der Waals surface area (Å²) in [6, 6.07) is 2.08. The third kappa shape index (κ3) is 3.11. The molecule has 4 heteroatoms. The zero-order valence-corrected chi connectivity index (χ0v) is 13.0. The van der Waals surface area contributed by atoms with Crippen molar-refractivity contribution in [3.63, 3.8) is 0 Å². The molecule has 1 fully saturated rings. The van der Waals surface area contributed by atoms with E-state index in [2.05, 4.69) is 30.3 Å². The van der Waals surface area contributed by atoms with Crippen LogP contribution in [0.15, 0.2) is 6.07 Å². The third-order valence-electron chi connectivity index (χ3n) is 4.61. The van der Waals surface area contributed by atoms with Crippen molar-refractivity contribution < 1.29 is 4.79 Å². The Bertz CT molecular complexity index is 453. The summed E-state index contributed by atoms with van der Waals surface area (Å²) in [5, 5.41) is 7.82. The van der Waals surface area contributed by atoms with Gasteiger partial charge in [-0.25, -0.2) is 0 Å². The lowest BCUT2D eigenvalue weighted by Gasteiger charge is -2.36. The van der Waals surface area contributed by atoms with Crippen LogP contribution < -0.4 is 5.32 Å². The number of hydrogen-bond donors (Lipinski definition) is 1. The van der Waals surface area contributed by atoms with Gasteiger partial charge >= 0.3 is 0 Å². The minimum atomic E-state index is -0.101. The summed E-state index contributed by atoms with van der Waals surface area (Å²) >= 11 is 0. The van der Waals surface area contributed by atoms with Gasteiger partial charge in [-0.3, -0.25) is 9.48 Å². The predicted molar refractivity (Wildman–Crippen MR) is 80.7 cm³/mol. The maximum Gasteiger partial charge on any atom is 0.145 e. The smallest absolute Gasteiger partial charge is 0.145 e. The highest BCUT2D eigenvalue weighted by Gasteiger charge is 2.38. The van der Waals surface area contributed by atoms with E-state index in [0.717, 1.165) is 56.6 Å². The molecule has 0 unspecified atom stereocenters. The Morgan fingerprint density at radius 2 is 2.10 bits per heavy atom. The topological polar surface area (TPSA) is 46.9 Å². The molecule has 1 aromatic heterocycles. The van der Waals surface area contributed by atoms with Crippen molar-refractivity contribution in [3.05, 3.63) is 17.5 Å². The molecule has 2 rings (SSSR count). The van der Waals surface area contributed by atoms with Gasteiger partial charge in [0.25, 0.3) is 0 Å². The molecule has 1 aliphatic heterocycles. The maximum atomic E-state index is 12.9. The van der Waals surface area contributed by atoms with E-state index in [9.17, 15) is 4.79 Å². The summed E-state index contributed by atoms with van der Waals surface area (Å²) in [5.74, 6) is 0.409. The van der Waals surface area contributed by atoms with E-state index in [1.54, 1.807) is 0 Å². The Morgan fingerprint density at radius 1 is 1.40 bits per heavy atom. The van der Waals surface area contributed by atoms with Gasteiger partial charge in [-0.15, -0.1) is 0 Å². The maximum absolute atomic E-state index is 12.9. The Balaban J connectivity index is 2.13. The SMILES string of the molecule is CCCC1(C(=O)Cc2cc(CC)nn2C)CCNCC1. The molecule has 1 aliphatic rings. The van der Waals surface area contributed by atoms with Crippen LogP contribution in [0, 0.1) is 5.41 Å². The number of carbonyl (C=O) groups is 1. The molecule has 1 aromatic rings. The van der Waals surface area contributed by atoms with E-state index in [-0.39, 0.29) is 5.41 Å². The predicted octanol–water partition coefficient (Wildman–Crippen LogP) is 2.26. The van der Waals surface area contributed by atoms with Gasteiger partial charge in [0.15, 0.2) is 0 Å². The summed E-state index contributed by atoms with van der Waals surface area (Å²) in [4.78, 5) is 12.9. The van der Waals surface area contributed by atoms with Crippen LogP contribution in [0.3, 0.4) is 0 Å². The van der Waals surface area contributed by atoms with E-state index in [1.807, 2.05) is 11.7 Å². The number of nitrogens with zero attached hydrogens (tertiary/aromatic N) is 2. The van der Waals surface area contributed by atoms with Gasteiger partial charge in [-0.05, 0) is 44.8 Å². The number of hydrogen-bond acceptors (Lipinski definition) is 3. The van der Waals surface area contributed by atoms with E-state index in [4.69, 9.17) is 0 Å². The van der Waals surface area contributed by atoms with Crippen molar-refractivity contribution in [1.29, 1.82) is 0 Å². The number of carbonyl (C=O) groups excluding carboxylic acids is 1. The van der Waals surface area contributed by atoms with Crippen LogP contribution in [-0.2, 0) is 24.7 Å². The Morgan fingerprint density at radius 3 is 2.65 bits per heavy atom.